The number of carbonyl (C=O) groups is 1. The molecule has 0 bridgehead atoms. The predicted octanol–water partition coefficient (Wildman–Crippen LogP) is 4.83. The first kappa shape index (κ1) is 17.1. The van der Waals surface area contributed by atoms with Crippen LogP contribution in [-0.4, -0.2) is 12.5 Å². The van der Waals surface area contributed by atoms with Crippen LogP contribution < -0.4 is 10.1 Å². The predicted molar refractivity (Wildman–Crippen MR) is 95.2 cm³/mol. The molecule has 122 valence electrons. The van der Waals surface area contributed by atoms with Crippen LogP contribution in [0.5, 0.6) is 5.75 Å². The number of nitrogens with one attached hydrogen (secondary N) is 1. The number of hydrogen-bond donors (Lipinski definition) is 1. The average molecular weight is 311 g/mol. The molecule has 2 rings (SSSR count). The molecule has 0 aliphatic carbocycles. The van der Waals surface area contributed by atoms with Gasteiger partial charge in [0.25, 0.3) is 5.91 Å². The molecule has 0 aromatic heterocycles. The smallest absolute Gasteiger partial charge is 0.262 e. The Morgan fingerprint density at radius 2 is 1.87 bits per heavy atom. The summed E-state index contributed by atoms with van der Waals surface area (Å²) in [7, 11) is 0. The number of anilines is 1. The van der Waals surface area contributed by atoms with Gasteiger partial charge in [0, 0.05) is 5.69 Å². The molecule has 2 aromatic rings. The summed E-state index contributed by atoms with van der Waals surface area (Å²) in [6.07, 6.45) is 1.04. The number of amides is 1. The highest BCUT2D eigenvalue weighted by Crippen LogP contribution is 2.28. The number of aryl methyl sites for hydroxylation is 2. The molecule has 0 aliphatic rings. The van der Waals surface area contributed by atoms with Crippen LogP contribution in [0.4, 0.5) is 5.69 Å². The van der Waals surface area contributed by atoms with Crippen molar-refractivity contribution >= 4 is 11.6 Å². The molecule has 1 unspecified atom stereocenters. The molecular formula is C20H25NO2. The topological polar surface area (TPSA) is 38.3 Å². The molecule has 0 spiro atoms. The Morgan fingerprint density at radius 1 is 1.13 bits per heavy atom. The van der Waals surface area contributed by atoms with Gasteiger partial charge in [0.05, 0.1) is 0 Å². The van der Waals surface area contributed by atoms with E-state index in [9.17, 15) is 4.79 Å². The van der Waals surface area contributed by atoms with Crippen molar-refractivity contribution in [3.05, 3.63) is 59.2 Å². The van der Waals surface area contributed by atoms with Gasteiger partial charge in [-0.3, -0.25) is 4.79 Å². The first-order chi connectivity index (χ1) is 11.0. The summed E-state index contributed by atoms with van der Waals surface area (Å²) in [5, 5.41) is 2.88. The van der Waals surface area contributed by atoms with E-state index in [4.69, 9.17) is 4.74 Å². The zero-order chi connectivity index (χ0) is 16.8. The number of ether oxygens (including phenoxy) is 1. The van der Waals surface area contributed by atoms with E-state index >= 15 is 0 Å². The quantitative estimate of drug-likeness (QED) is 0.829. The van der Waals surface area contributed by atoms with Crippen molar-refractivity contribution in [2.45, 2.75) is 40.0 Å². The van der Waals surface area contributed by atoms with Gasteiger partial charge in [-0.25, -0.2) is 0 Å². The summed E-state index contributed by atoms with van der Waals surface area (Å²) in [6.45, 7) is 8.41. The second kappa shape index (κ2) is 7.82. The molecule has 0 radical (unpaired) electrons. The lowest BCUT2D eigenvalue weighted by molar-refractivity contribution is -0.118. The molecule has 1 N–H and O–H groups in total. The van der Waals surface area contributed by atoms with Gasteiger partial charge in [0.15, 0.2) is 6.61 Å². The molecule has 23 heavy (non-hydrogen) atoms. The van der Waals surface area contributed by atoms with E-state index in [1.807, 2.05) is 43.3 Å². The minimum absolute atomic E-state index is 0.0143. The third-order valence-corrected chi connectivity index (χ3v) is 4.21. The Morgan fingerprint density at radius 3 is 2.57 bits per heavy atom. The number of para-hydroxylation sites is 1. The van der Waals surface area contributed by atoms with Crippen molar-refractivity contribution < 1.29 is 9.53 Å². The summed E-state index contributed by atoms with van der Waals surface area (Å²) >= 11 is 0. The maximum Gasteiger partial charge on any atom is 0.262 e. The van der Waals surface area contributed by atoms with Crippen LogP contribution in [0.3, 0.4) is 0 Å². The summed E-state index contributed by atoms with van der Waals surface area (Å²) in [5.41, 5.74) is 4.32. The molecule has 0 aliphatic heterocycles. The first-order valence-electron chi connectivity index (χ1n) is 8.10. The van der Waals surface area contributed by atoms with Crippen molar-refractivity contribution in [3.8, 4) is 5.75 Å². The Bertz CT molecular complexity index is 679. The van der Waals surface area contributed by atoms with Crippen LogP contribution in [-0.2, 0) is 4.79 Å². The molecule has 0 heterocycles. The van der Waals surface area contributed by atoms with E-state index in [0.717, 1.165) is 29.0 Å². The van der Waals surface area contributed by atoms with Gasteiger partial charge in [0.1, 0.15) is 5.75 Å². The second-order valence-electron chi connectivity index (χ2n) is 5.98. The standard InChI is InChI=1S/C20H25NO2/c1-5-14(2)18-8-6-7-9-19(18)23-13-20(22)21-17-11-10-15(3)16(4)12-17/h6-12,14H,5,13H2,1-4H3,(H,21,22). The van der Waals surface area contributed by atoms with Gasteiger partial charge < -0.3 is 10.1 Å². The van der Waals surface area contributed by atoms with Gasteiger partial charge in [-0.15, -0.1) is 0 Å². The molecular weight excluding hydrogens is 286 g/mol. The van der Waals surface area contributed by atoms with Crippen LogP contribution in [0.15, 0.2) is 42.5 Å². The summed E-state index contributed by atoms with van der Waals surface area (Å²) in [6, 6.07) is 13.8. The van der Waals surface area contributed by atoms with Gasteiger partial charge in [-0.05, 0) is 61.1 Å². The largest absolute Gasteiger partial charge is 0.483 e. The lowest BCUT2D eigenvalue weighted by atomic mass is 9.98. The molecule has 3 heteroatoms. The molecule has 3 nitrogen and oxygen atoms in total. The van der Waals surface area contributed by atoms with Crippen LogP contribution >= 0.6 is 0 Å². The number of benzene rings is 2. The molecule has 0 saturated heterocycles. The van der Waals surface area contributed by atoms with Crippen molar-refractivity contribution in [1.82, 2.24) is 0 Å². The van der Waals surface area contributed by atoms with Crippen molar-refractivity contribution in [2.75, 3.05) is 11.9 Å². The van der Waals surface area contributed by atoms with E-state index in [1.165, 1.54) is 5.56 Å². The van der Waals surface area contributed by atoms with Crippen molar-refractivity contribution in [3.63, 3.8) is 0 Å². The van der Waals surface area contributed by atoms with Crippen molar-refractivity contribution in [1.29, 1.82) is 0 Å². The van der Waals surface area contributed by atoms with Gasteiger partial charge in [0.2, 0.25) is 0 Å². The summed E-state index contributed by atoms with van der Waals surface area (Å²) in [5.74, 6) is 1.05. The SMILES string of the molecule is CCC(C)c1ccccc1OCC(=O)Nc1ccc(C)c(C)c1. The maximum absolute atomic E-state index is 12.1. The molecule has 1 amide bonds. The van der Waals surface area contributed by atoms with Crippen LogP contribution in [0, 0.1) is 13.8 Å². The highest BCUT2D eigenvalue weighted by molar-refractivity contribution is 5.92. The second-order valence-corrected chi connectivity index (χ2v) is 5.98. The Hall–Kier alpha value is -2.29. The van der Waals surface area contributed by atoms with Gasteiger partial charge in [-0.2, -0.15) is 0 Å². The zero-order valence-electron chi connectivity index (χ0n) is 14.3. The van der Waals surface area contributed by atoms with Crippen LogP contribution in [0.1, 0.15) is 42.9 Å². The fourth-order valence-corrected chi connectivity index (χ4v) is 2.40. The molecule has 0 saturated carbocycles. The third kappa shape index (κ3) is 4.59. The Balaban J connectivity index is 1.98. The monoisotopic (exact) mass is 311 g/mol. The Labute approximate surface area is 138 Å². The highest BCUT2D eigenvalue weighted by Gasteiger charge is 2.11. The van der Waals surface area contributed by atoms with Crippen LogP contribution in [0.25, 0.3) is 0 Å². The maximum atomic E-state index is 12.1. The Kier molecular flexibility index (Phi) is 5.80. The summed E-state index contributed by atoms with van der Waals surface area (Å²) < 4.78 is 5.74. The fourth-order valence-electron chi connectivity index (χ4n) is 2.40. The lowest BCUT2D eigenvalue weighted by Gasteiger charge is -2.15. The minimum Gasteiger partial charge on any atom is -0.483 e. The number of carbonyl (C=O) groups excluding carboxylic acids is 1. The summed E-state index contributed by atoms with van der Waals surface area (Å²) in [4.78, 5) is 12.1. The number of hydrogen-bond acceptors (Lipinski definition) is 2. The zero-order valence-corrected chi connectivity index (χ0v) is 14.3. The highest BCUT2D eigenvalue weighted by atomic mass is 16.5. The van der Waals surface area contributed by atoms with E-state index < -0.39 is 0 Å². The average Bonchev–Trinajstić information content (AvgIpc) is 2.56. The van der Waals surface area contributed by atoms with Gasteiger partial charge >= 0.3 is 0 Å². The number of rotatable bonds is 6. The molecule has 2 aromatic carbocycles. The van der Waals surface area contributed by atoms with E-state index in [-0.39, 0.29) is 12.5 Å². The lowest BCUT2D eigenvalue weighted by Crippen LogP contribution is -2.20. The normalized spacial score (nSPS) is 11.8. The fraction of sp³-hybridized carbons (Fsp3) is 0.350. The first-order valence-corrected chi connectivity index (χ1v) is 8.10. The van der Waals surface area contributed by atoms with E-state index in [2.05, 4.69) is 32.2 Å². The molecule has 1 atom stereocenters. The van der Waals surface area contributed by atoms with E-state index in [1.54, 1.807) is 0 Å². The van der Waals surface area contributed by atoms with Gasteiger partial charge in [-0.1, -0.05) is 38.1 Å². The van der Waals surface area contributed by atoms with Crippen LogP contribution in [0.2, 0.25) is 0 Å². The van der Waals surface area contributed by atoms with Crippen molar-refractivity contribution in [2.24, 2.45) is 0 Å². The van der Waals surface area contributed by atoms with E-state index in [0.29, 0.717) is 5.92 Å². The minimum atomic E-state index is -0.146. The molecule has 0 fully saturated rings. The third-order valence-electron chi connectivity index (χ3n) is 4.21.